The molecule has 1 N–H and O–H groups in total. The van der Waals surface area contributed by atoms with Crippen LogP contribution in [0.4, 0.5) is 11.4 Å². The summed E-state index contributed by atoms with van der Waals surface area (Å²) in [4.78, 5) is 25.8. The number of anilines is 1. The minimum Gasteiger partial charge on any atom is -0.322 e. The van der Waals surface area contributed by atoms with Gasteiger partial charge in [0, 0.05) is 10.7 Å². The number of carbonyl (C=O) groups excluding carboxylic acids is 1. The number of halogens is 2. The molecule has 0 spiro atoms. The molecule has 8 heteroatoms. The van der Waals surface area contributed by atoms with Crippen molar-refractivity contribution in [2.45, 2.75) is 0 Å². The second-order valence-corrected chi connectivity index (χ2v) is 4.57. The van der Waals surface area contributed by atoms with Crippen LogP contribution in [0.2, 0.25) is 10.2 Å². The highest BCUT2D eigenvalue weighted by molar-refractivity contribution is 6.31. The Morgan fingerprint density at radius 2 is 2.05 bits per heavy atom. The Morgan fingerprint density at radius 3 is 2.70 bits per heavy atom. The standard InChI is InChI=1S/C12H7Cl2N3O3/c13-7-2-1-3-8(4-7)16-12(18)9-5-11(14)15-6-10(9)17(19)20/h1-6H,(H,16,18). The molecule has 0 aliphatic rings. The fourth-order valence-electron chi connectivity index (χ4n) is 1.51. The zero-order valence-corrected chi connectivity index (χ0v) is 11.4. The number of rotatable bonds is 3. The van der Waals surface area contributed by atoms with Crippen molar-refractivity contribution in [3.8, 4) is 0 Å². The van der Waals surface area contributed by atoms with E-state index < -0.39 is 16.5 Å². The molecular weight excluding hydrogens is 305 g/mol. The van der Waals surface area contributed by atoms with Crippen molar-refractivity contribution in [1.29, 1.82) is 0 Å². The molecule has 2 rings (SSSR count). The summed E-state index contributed by atoms with van der Waals surface area (Å²) in [6.45, 7) is 0. The highest BCUT2D eigenvalue weighted by Crippen LogP contribution is 2.22. The van der Waals surface area contributed by atoms with Crippen LogP contribution in [0, 0.1) is 10.1 Å². The predicted molar refractivity (Wildman–Crippen MR) is 75.3 cm³/mol. The predicted octanol–water partition coefficient (Wildman–Crippen LogP) is 3.55. The first-order valence-corrected chi connectivity index (χ1v) is 6.10. The van der Waals surface area contributed by atoms with Gasteiger partial charge in [-0.05, 0) is 24.3 Å². The number of pyridine rings is 1. The van der Waals surface area contributed by atoms with Gasteiger partial charge in [-0.15, -0.1) is 0 Å². The molecule has 0 atom stereocenters. The quantitative estimate of drug-likeness (QED) is 0.533. The Bertz CT molecular complexity index is 691. The summed E-state index contributed by atoms with van der Waals surface area (Å²) in [5.41, 5.74) is -0.173. The number of benzene rings is 1. The van der Waals surface area contributed by atoms with Gasteiger partial charge >= 0.3 is 0 Å². The van der Waals surface area contributed by atoms with Gasteiger partial charge in [0.25, 0.3) is 11.6 Å². The molecule has 1 aromatic heterocycles. The number of amides is 1. The van der Waals surface area contributed by atoms with E-state index in [1.807, 2.05) is 0 Å². The monoisotopic (exact) mass is 311 g/mol. The number of hydrogen-bond donors (Lipinski definition) is 1. The number of nitrogens with one attached hydrogen (secondary N) is 1. The minimum absolute atomic E-state index is 0.00755. The molecule has 20 heavy (non-hydrogen) atoms. The van der Waals surface area contributed by atoms with Crippen molar-refractivity contribution in [3.63, 3.8) is 0 Å². The Morgan fingerprint density at radius 1 is 1.30 bits per heavy atom. The van der Waals surface area contributed by atoms with Crippen LogP contribution in [0.25, 0.3) is 0 Å². The normalized spacial score (nSPS) is 10.1. The summed E-state index contributed by atoms with van der Waals surface area (Å²) in [6.07, 6.45) is 0.940. The van der Waals surface area contributed by atoms with E-state index >= 15 is 0 Å². The number of nitro groups is 1. The van der Waals surface area contributed by atoms with E-state index in [4.69, 9.17) is 23.2 Å². The first kappa shape index (κ1) is 14.2. The number of carbonyl (C=O) groups is 1. The lowest BCUT2D eigenvalue weighted by molar-refractivity contribution is -0.385. The molecule has 0 bridgehead atoms. The van der Waals surface area contributed by atoms with Gasteiger partial charge < -0.3 is 5.32 Å². The first-order chi connectivity index (χ1) is 9.47. The van der Waals surface area contributed by atoms with Crippen molar-refractivity contribution in [2.24, 2.45) is 0 Å². The second kappa shape index (κ2) is 5.85. The van der Waals surface area contributed by atoms with E-state index in [2.05, 4.69) is 10.3 Å². The zero-order chi connectivity index (χ0) is 14.7. The molecule has 0 saturated carbocycles. The molecule has 1 heterocycles. The average molecular weight is 312 g/mol. The molecule has 0 aliphatic carbocycles. The summed E-state index contributed by atoms with van der Waals surface area (Å²) in [7, 11) is 0. The lowest BCUT2D eigenvalue weighted by Gasteiger charge is -2.06. The Hall–Kier alpha value is -2.18. The van der Waals surface area contributed by atoms with Gasteiger partial charge in [-0.3, -0.25) is 14.9 Å². The number of nitrogens with zero attached hydrogens (tertiary/aromatic N) is 2. The van der Waals surface area contributed by atoms with E-state index in [1.54, 1.807) is 18.2 Å². The van der Waals surface area contributed by atoms with Crippen molar-refractivity contribution >= 4 is 40.5 Å². The highest BCUT2D eigenvalue weighted by Gasteiger charge is 2.21. The third-order valence-corrected chi connectivity index (χ3v) is 2.82. The van der Waals surface area contributed by atoms with E-state index in [9.17, 15) is 14.9 Å². The third kappa shape index (κ3) is 3.23. The van der Waals surface area contributed by atoms with Crippen molar-refractivity contribution in [1.82, 2.24) is 4.98 Å². The van der Waals surface area contributed by atoms with Gasteiger partial charge in [0.15, 0.2) is 0 Å². The summed E-state index contributed by atoms with van der Waals surface area (Å²) in [5.74, 6) is -0.664. The van der Waals surface area contributed by atoms with E-state index in [0.29, 0.717) is 10.7 Å². The fraction of sp³-hybridized carbons (Fsp3) is 0. The number of aromatic nitrogens is 1. The minimum atomic E-state index is -0.698. The van der Waals surface area contributed by atoms with Crippen LogP contribution in [0.5, 0.6) is 0 Å². The van der Waals surface area contributed by atoms with Crippen LogP contribution in [0.15, 0.2) is 36.5 Å². The molecule has 0 fully saturated rings. The molecule has 2 aromatic rings. The Kier molecular flexibility index (Phi) is 4.16. The molecule has 0 radical (unpaired) electrons. The SMILES string of the molecule is O=C(Nc1cccc(Cl)c1)c1cc(Cl)ncc1[N+](=O)[O-]. The smallest absolute Gasteiger partial charge is 0.300 e. The zero-order valence-electron chi connectivity index (χ0n) is 9.84. The summed E-state index contributed by atoms with van der Waals surface area (Å²) >= 11 is 11.4. The molecule has 1 aromatic carbocycles. The van der Waals surface area contributed by atoms with Crippen molar-refractivity contribution in [3.05, 3.63) is 62.4 Å². The van der Waals surface area contributed by atoms with Crippen LogP contribution in [-0.4, -0.2) is 15.8 Å². The van der Waals surface area contributed by atoms with Crippen molar-refractivity contribution in [2.75, 3.05) is 5.32 Å². The van der Waals surface area contributed by atoms with Crippen LogP contribution in [0.1, 0.15) is 10.4 Å². The van der Waals surface area contributed by atoms with Gasteiger partial charge in [-0.2, -0.15) is 0 Å². The molecule has 102 valence electrons. The van der Waals surface area contributed by atoms with Gasteiger partial charge in [-0.1, -0.05) is 29.3 Å². The lowest BCUT2D eigenvalue weighted by atomic mass is 10.2. The molecular formula is C12H7Cl2N3O3. The summed E-state index contributed by atoms with van der Waals surface area (Å²) < 4.78 is 0. The van der Waals surface area contributed by atoms with E-state index in [-0.39, 0.29) is 10.7 Å². The molecule has 0 unspecified atom stereocenters. The van der Waals surface area contributed by atoms with Crippen LogP contribution in [-0.2, 0) is 0 Å². The molecule has 0 saturated heterocycles. The maximum atomic E-state index is 12.1. The molecule has 1 amide bonds. The Labute approximate surface area is 123 Å². The summed E-state index contributed by atoms with van der Waals surface area (Å²) in [5, 5.41) is 13.8. The van der Waals surface area contributed by atoms with Gasteiger partial charge in [0.05, 0.1) is 4.92 Å². The second-order valence-electron chi connectivity index (χ2n) is 3.75. The number of hydrogen-bond acceptors (Lipinski definition) is 4. The van der Waals surface area contributed by atoms with E-state index in [1.165, 1.54) is 6.07 Å². The third-order valence-electron chi connectivity index (χ3n) is 2.37. The van der Waals surface area contributed by atoms with Gasteiger partial charge in [0.1, 0.15) is 16.9 Å². The van der Waals surface area contributed by atoms with E-state index in [0.717, 1.165) is 12.3 Å². The maximum absolute atomic E-state index is 12.1. The van der Waals surface area contributed by atoms with Crippen LogP contribution < -0.4 is 5.32 Å². The molecule has 0 aliphatic heterocycles. The lowest BCUT2D eigenvalue weighted by Crippen LogP contribution is -2.14. The summed E-state index contributed by atoms with van der Waals surface area (Å²) in [6, 6.07) is 7.56. The maximum Gasteiger partial charge on any atom is 0.300 e. The fourth-order valence-corrected chi connectivity index (χ4v) is 1.86. The van der Waals surface area contributed by atoms with Crippen LogP contribution in [0.3, 0.4) is 0 Å². The van der Waals surface area contributed by atoms with Gasteiger partial charge in [-0.25, -0.2) is 4.98 Å². The highest BCUT2D eigenvalue weighted by atomic mass is 35.5. The topological polar surface area (TPSA) is 85.1 Å². The van der Waals surface area contributed by atoms with Crippen LogP contribution >= 0.6 is 23.2 Å². The molecule has 6 nitrogen and oxygen atoms in total. The van der Waals surface area contributed by atoms with Crippen molar-refractivity contribution < 1.29 is 9.72 Å². The first-order valence-electron chi connectivity index (χ1n) is 5.34. The Balaban J connectivity index is 2.34. The largest absolute Gasteiger partial charge is 0.322 e. The average Bonchev–Trinajstić information content (AvgIpc) is 2.38. The van der Waals surface area contributed by atoms with Gasteiger partial charge in [0.2, 0.25) is 0 Å².